The van der Waals surface area contributed by atoms with Gasteiger partial charge in [-0.1, -0.05) is 24.3 Å². The van der Waals surface area contributed by atoms with Crippen molar-refractivity contribution in [2.75, 3.05) is 5.75 Å². The third-order valence-electron chi connectivity index (χ3n) is 2.48. The zero-order valence-electron chi connectivity index (χ0n) is 7.90. The summed E-state index contributed by atoms with van der Waals surface area (Å²) in [7, 11) is 0. The highest BCUT2D eigenvalue weighted by atomic mass is 32.2. The van der Waals surface area contributed by atoms with Crippen LogP contribution in [-0.4, -0.2) is 11.7 Å². The Morgan fingerprint density at radius 1 is 1.50 bits per heavy atom. The van der Waals surface area contributed by atoms with Gasteiger partial charge in [0.25, 0.3) is 0 Å². The fraction of sp³-hybridized carbons (Fsp3) is 0.364. The van der Waals surface area contributed by atoms with Gasteiger partial charge in [-0.3, -0.25) is 4.79 Å². The molecule has 0 bridgehead atoms. The van der Waals surface area contributed by atoms with Crippen molar-refractivity contribution in [3.05, 3.63) is 35.4 Å². The molecule has 0 saturated carbocycles. The van der Waals surface area contributed by atoms with Crippen LogP contribution in [0.1, 0.15) is 22.8 Å². The van der Waals surface area contributed by atoms with E-state index in [4.69, 9.17) is 5.73 Å². The lowest BCUT2D eigenvalue weighted by molar-refractivity contribution is -0.118. The van der Waals surface area contributed by atoms with Crippen LogP contribution in [0.3, 0.4) is 0 Å². The first-order valence-electron chi connectivity index (χ1n) is 4.75. The van der Waals surface area contributed by atoms with Crippen LogP contribution < -0.4 is 5.73 Å². The van der Waals surface area contributed by atoms with Crippen molar-refractivity contribution in [2.24, 2.45) is 5.73 Å². The van der Waals surface area contributed by atoms with Gasteiger partial charge in [-0.25, -0.2) is 0 Å². The standard InChI is InChI=1S/C11H13NOS/c12-11(13)7-10-9-4-2-1-3-8(9)5-6-14-10/h1-4,10H,5-7H2,(H2,12,13). The summed E-state index contributed by atoms with van der Waals surface area (Å²) in [5.74, 6) is 0.883. The number of rotatable bonds is 2. The predicted octanol–water partition coefficient (Wildman–Crippen LogP) is 1.89. The lowest BCUT2D eigenvalue weighted by Crippen LogP contribution is -2.17. The molecule has 14 heavy (non-hydrogen) atoms. The third kappa shape index (κ3) is 1.93. The predicted molar refractivity (Wildman–Crippen MR) is 59.2 cm³/mol. The summed E-state index contributed by atoms with van der Waals surface area (Å²) in [4.78, 5) is 10.9. The molecular weight excluding hydrogens is 194 g/mol. The average molecular weight is 207 g/mol. The van der Waals surface area contributed by atoms with E-state index in [9.17, 15) is 4.79 Å². The molecule has 0 aliphatic carbocycles. The Kier molecular flexibility index (Phi) is 2.77. The van der Waals surface area contributed by atoms with Gasteiger partial charge in [0.1, 0.15) is 0 Å². The van der Waals surface area contributed by atoms with Gasteiger partial charge in [0, 0.05) is 11.7 Å². The molecule has 0 radical (unpaired) electrons. The molecule has 0 spiro atoms. The zero-order chi connectivity index (χ0) is 9.97. The minimum atomic E-state index is -0.209. The molecule has 1 amide bonds. The Labute approximate surface area is 87.9 Å². The number of fused-ring (bicyclic) bond motifs is 1. The molecule has 1 aromatic carbocycles. The van der Waals surface area contributed by atoms with E-state index in [2.05, 4.69) is 18.2 Å². The van der Waals surface area contributed by atoms with Gasteiger partial charge in [-0.15, -0.1) is 0 Å². The molecular formula is C11H13NOS. The van der Waals surface area contributed by atoms with Gasteiger partial charge >= 0.3 is 0 Å². The van der Waals surface area contributed by atoms with Gasteiger partial charge in [0.15, 0.2) is 0 Å². The van der Waals surface area contributed by atoms with E-state index >= 15 is 0 Å². The van der Waals surface area contributed by atoms with Crippen LogP contribution >= 0.6 is 11.8 Å². The fourth-order valence-electron chi connectivity index (χ4n) is 1.83. The molecule has 2 N–H and O–H groups in total. The topological polar surface area (TPSA) is 43.1 Å². The van der Waals surface area contributed by atoms with E-state index in [0.717, 1.165) is 12.2 Å². The van der Waals surface area contributed by atoms with Crippen LogP contribution in [0.4, 0.5) is 0 Å². The molecule has 1 heterocycles. The molecule has 1 atom stereocenters. The molecule has 0 aromatic heterocycles. The average Bonchev–Trinajstić information content (AvgIpc) is 2.18. The number of hydrogen-bond donors (Lipinski definition) is 1. The van der Waals surface area contributed by atoms with E-state index in [-0.39, 0.29) is 11.2 Å². The maximum Gasteiger partial charge on any atom is 0.218 e. The number of primary amides is 1. The molecule has 2 nitrogen and oxygen atoms in total. The van der Waals surface area contributed by atoms with E-state index < -0.39 is 0 Å². The summed E-state index contributed by atoms with van der Waals surface area (Å²) in [5.41, 5.74) is 7.89. The molecule has 1 aliphatic rings. The van der Waals surface area contributed by atoms with Crippen molar-refractivity contribution >= 4 is 17.7 Å². The van der Waals surface area contributed by atoms with Crippen molar-refractivity contribution in [1.82, 2.24) is 0 Å². The first-order chi connectivity index (χ1) is 6.77. The van der Waals surface area contributed by atoms with Crippen LogP contribution in [0.15, 0.2) is 24.3 Å². The molecule has 1 unspecified atom stereocenters. The lowest BCUT2D eigenvalue weighted by atomic mass is 10.00. The second-order valence-electron chi connectivity index (χ2n) is 3.48. The number of nitrogens with two attached hydrogens (primary N) is 1. The van der Waals surface area contributed by atoms with Crippen molar-refractivity contribution in [3.8, 4) is 0 Å². The van der Waals surface area contributed by atoms with Crippen molar-refractivity contribution in [1.29, 1.82) is 0 Å². The molecule has 1 aromatic rings. The van der Waals surface area contributed by atoms with Gasteiger partial charge in [0.2, 0.25) is 5.91 Å². The highest BCUT2D eigenvalue weighted by Crippen LogP contribution is 2.38. The van der Waals surface area contributed by atoms with Crippen LogP contribution in [0.5, 0.6) is 0 Å². The highest BCUT2D eigenvalue weighted by Gasteiger charge is 2.21. The van der Waals surface area contributed by atoms with E-state index in [1.165, 1.54) is 11.1 Å². The smallest absolute Gasteiger partial charge is 0.218 e. The summed E-state index contributed by atoms with van der Waals surface area (Å²) in [5, 5.41) is 0.275. The number of hydrogen-bond acceptors (Lipinski definition) is 2. The Bertz CT molecular complexity index is 351. The number of aryl methyl sites for hydroxylation is 1. The minimum Gasteiger partial charge on any atom is -0.370 e. The Balaban J connectivity index is 2.26. The first kappa shape index (κ1) is 9.59. The van der Waals surface area contributed by atoms with E-state index in [0.29, 0.717) is 6.42 Å². The summed E-state index contributed by atoms with van der Waals surface area (Å²) in [6.07, 6.45) is 1.57. The van der Waals surface area contributed by atoms with Gasteiger partial charge in [-0.05, 0) is 23.3 Å². The monoisotopic (exact) mass is 207 g/mol. The van der Waals surface area contributed by atoms with Gasteiger partial charge in [-0.2, -0.15) is 11.8 Å². The van der Waals surface area contributed by atoms with Crippen LogP contribution in [-0.2, 0) is 11.2 Å². The number of carbonyl (C=O) groups is 1. The zero-order valence-corrected chi connectivity index (χ0v) is 8.72. The van der Waals surface area contributed by atoms with Gasteiger partial charge < -0.3 is 5.73 Å². The van der Waals surface area contributed by atoms with Crippen molar-refractivity contribution in [2.45, 2.75) is 18.1 Å². The molecule has 74 valence electrons. The van der Waals surface area contributed by atoms with Crippen molar-refractivity contribution in [3.63, 3.8) is 0 Å². The Morgan fingerprint density at radius 2 is 2.29 bits per heavy atom. The second-order valence-corrected chi connectivity index (χ2v) is 4.79. The van der Waals surface area contributed by atoms with Gasteiger partial charge in [0.05, 0.1) is 0 Å². The number of amides is 1. The number of thioether (sulfide) groups is 1. The fourth-order valence-corrected chi connectivity index (χ4v) is 3.14. The first-order valence-corrected chi connectivity index (χ1v) is 5.80. The normalized spacial score (nSPS) is 20.1. The van der Waals surface area contributed by atoms with Crippen LogP contribution in [0.25, 0.3) is 0 Å². The summed E-state index contributed by atoms with van der Waals surface area (Å²) >= 11 is 1.83. The summed E-state index contributed by atoms with van der Waals surface area (Å²) < 4.78 is 0. The summed E-state index contributed by atoms with van der Waals surface area (Å²) in [6.45, 7) is 0. The lowest BCUT2D eigenvalue weighted by Gasteiger charge is -2.23. The number of carbonyl (C=O) groups excluding carboxylic acids is 1. The molecule has 1 aliphatic heterocycles. The molecule has 0 saturated heterocycles. The SMILES string of the molecule is NC(=O)CC1SCCc2ccccc21. The van der Waals surface area contributed by atoms with E-state index in [1.807, 2.05) is 17.8 Å². The second kappa shape index (κ2) is 4.05. The largest absolute Gasteiger partial charge is 0.370 e. The van der Waals surface area contributed by atoms with Crippen molar-refractivity contribution < 1.29 is 4.79 Å². The Hall–Kier alpha value is -0.960. The number of benzene rings is 1. The highest BCUT2D eigenvalue weighted by molar-refractivity contribution is 7.99. The molecule has 3 heteroatoms. The summed E-state index contributed by atoms with van der Waals surface area (Å²) in [6, 6.07) is 8.33. The molecule has 2 rings (SSSR count). The third-order valence-corrected chi connectivity index (χ3v) is 3.74. The maximum atomic E-state index is 10.9. The quantitative estimate of drug-likeness (QED) is 0.804. The van der Waals surface area contributed by atoms with Crippen LogP contribution in [0, 0.1) is 0 Å². The minimum absolute atomic E-state index is 0.209. The van der Waals surface area contributed by atoms with Crippen LogP contribution in [0.2, 0.25) is 0 Å². The van der Waals surface area contributed by atoms with E-state index in [1.54, 1.807) is 0 Å². The maximum absolute atomic E-state index is 10.9. The Morgan fingerprint density at radius 3 is 3.07 bits per heavy atom. The molecule has 0 fully saturated rings.